The molecule has 3 N–H and O–H groups in total. The summed E-state index contributed by atoms with van der Waals surface area (Å²) in [5, 5.41) is 13.5. The van der Waals surface area contributed by atoms with Crippen LogP contribution in [0.5, 0.6) is 0 Å². The van der Waals surface area contributed by atoms with Crippen LogP contribution in [0.4, 0.5) is 13.2 Å². The van der Waals surface area contributed by atoms with Crippen molar-refractivity contribution in [3.63, 3.8) is 0 Å². The quantitative estimate of drug-likeness (QED) is 0.583. The molecular formula is C23H24F3N3O2. The van der Waals surface area contributed by atoms with E-state index in [4.69, 9.17) is 10.3 Å². The summed E-state index contributed by atoms with van der Waals surface area (Å²) in [4.78, 5) is 4.42. The number of aryl methyl sites for hydroxylation is 1. The van der Waals surface area contributed by atoms with Crippen molar-refractivity contribution in [1.29, 1.82) is 0 Å². The lowest BCUT2D eigenvalue weighted by Crippen LogP contribution is -2.40. The van der Waals surface area contributed by atoms with E-state index < -0.39 is 18.1 Å². The predicted molar refractivity (Wildman–Crippen MR) is 110 cm³/mol. The molecule has 0 unspecified atom stereocenters. The normalized spacial score (nSPS) is 21.5. The monoisotopic (exact) mass is 431 g/mol. The second-order valence-corrected chi connectivity index (χ2v) is 8.32. The molecule has 1 aliphatic rings. The number of hydrogen-bond donors (Lipinski definition) is 2. The second kappa shape index (κ2) is 8.43. The highest BCUT2D eigenvalue weighted by atomic mass is 19.4. The second-order valence-electron chi connectivity index (χ2n) is 8.32. The molecule has 0 bridgehead atoms. The number of benzene rings is 2. The van der Waals surface area contributed by atoms with Crippen LogP contribution in [0.3, 0.4) is 0 Å². The van der Waals surface area contributed by atoms with Crippen molar-refractivity contribution in [2.45, 2.75) is 49.7 Å². The van der Waals surface area contributed by atoms with E-state index in [2.05, 4.69) is 10.1 Å². The summed E-state index contributed by atoms with van der Waals surface area (Å²) in [6, 6.07) is 14.6. The Labute approximate surface area is 178 Å². The number of halogens is 3. The van der Waals surface area contributed by atoms with Crippen molar-refractivity contribution >= 4 is 0 Å². The Bertz CT molecular complexity index is 1020. The van der Waals surface area contributed by atoms with Crippen LogP contribution in [0.2, 0.25) is 0 Å². The van der Waals surface area contributed by atoms with Gasteiger partial charge in [0.2, 0.25) is 5.82 Å². The van der Waals surface area contributed by atoms with Gasteiger partial charge in [0.1, 0.15) is 0 Å². The number of nitrogens with zero attached hydrogens (tertiary/aromatic N) is 2. The minimum Gasteiger partial charge on any atom is -0.394 e. The van der Waals surface area contributed by atoms with Gasteiger partial charge in [-0.3, -0.25) is 0 Å². The van der Waals surface area contributed by atoms with Crippen LogP contribution >= 0.6 is 0 Å². The molecule has 0 amide bonds. The van der Waals surface area contributed by atoms with Crippen molar-refractivity contribution < 1.29 is 22.8 Å². The zero-order valence-electron chi connectivity index (χ0n) is 16.9. The Morgan fingerprint density at radius 1 is 1.06 bits per heavy atom. The number of aliphatic hydroxyl groups excluding tert-OH is 1. The molecule has 2 aromatic carbocycles. The molecule has 3 aromatic rings. The third-order valence-corrected chi connectivity index (χ3v) is 5.92. The molecule has 4 rings (SSSR count). The lowest BCUT2D eigenvalue weighted by atomic mass is 9.93. The first-order chi connectivity index (χ1) is 14.7. The van der Waals surface area contributed by atoms with Crippen LogP contribution < -0.4 is 5.73 Å². The van der Waals surface area contributed by atoms with Crippen molar-refractivity contribution in [3.8, 4) is 22.8 Å². The topological polar surface area (TPSA) is 85.2 Å². The maximum absolute atomic E-state index is 12.4. The fourth-order valence-electron chi connectivity index (χ4n) is 4.05. The largest absolute Gasteiger partial charge is 0.394 e. The van der Waals surface area contributed by atoms with Crippen molar-refractivity contribution in [2.75, 3.05) is 6.61 Å². The summed E-state index contributed by atoms with van der Waals surface area (Å²) in [7, 11) is 0. The van der Waals surface area contributed by atoms with Gasteiger partial charge in [-0.1, -0.05) is 41.6 Å². The SMILES string of the molecule is N[C@]1(CO)CC[C@@H](c2ccc(-c3noc(-c4ccc(CCC(F)(F)F)cc4)n3)cc2)C1. The number of hydrogen-bond acceptors (Lipinski definition) is 5. The van der Waals surface area contributed by atoms with E-state index in [0.717, 1.165) is 24.8 Å². The van der Waals surface area contributed by atoms with Gasteiger partial charge in [0.05, 0.1) is 6.61 Å². The van der Waals surface area contributed by atoms with E-state index in [1.165, 1.54) is 5.56 Å². The van der Waals surface area contributed by atoms with Crippen molar-refractivity contribution in [3.05, 3.63) is 59.7 Å². The first-order valence-corrected chi connectivity index (χ1v) is 10.2. The third kappa shape index (κ3) is 5.14. The minimum atomic E-state index is -4.17. The zero-order valence-corrected chi connectivity index (χ0v) is 16.9. The van der Waals surface area contributed by atoms with E-state index in [0.29, 0.717) is 28.8 Å². The third-order valence-electron chi connectivity index (χ3n) is 5.92. The van der Waals surface area contributed by atoms with Gasteiger partial charge in [0.15, 0.2) is 0 Å². The van der Waals surface area contributed by atoms with Crippen LogP contribution in [0.1, 0.15) is 42.7 Å². The Morgan fingerprint density at radius 3 is 2.35 bits per heavy atom. The van der Waals surface area contributed by atoms with Gasteiger partial charge in [-0.15, -0.1) is 0 Å². The van der Waals surface area contributed by atoms with E-state index in [-0.39, 0.29) is 13.0 Å². The molecule has 164 valence electrons. The molecular weight excluding hydrogens is 407 g/mol. The lowest BCUT2D eigenvalue weighted by Gasteiger charge is -2.20. The first-order valence-electron chi connectivity index (χ1n) is 10.2. The van der Waals surface area contributed by atoms with Crippen LogP contribution in [0.25, 0.3) is 22.8 Å². The zero-order chi connectivity index (χ0) is 22.1. The first kappa shape index (κ1) is 21.5. The number of aliphatic hydroxyl groups is 1. The van der Waals surface area contributed by atoms with Crippen molar-refractivity contribution in [1.82, 2.24) is 10.1 Å². The predicted octanol–water partition coefficient (Wildman–Crippen LogP) is 4.86. The summed E-state index contributed by atoms with van der Waals surface area (Å²) in [5.41, 5.74) is 8.92. The fraction of sp³-hybridized carbons (Fsp3) is 0.391. The molecule has 0 radical (unpaired) electrons. The van der Waals surface area contributed by atoms with E-state index in [1.807, 2.05) is 24.3 Å². The molecule has 5 nitrogen and oxygen atoms in total. The molecule has 1 fully saturated rings. The van der Waals surface area contributed by atoms with E-state index in [1.54, 1.807) is 24.3 Å². The molecule has 0 saturated heterocycles. The van der Waals surface area contributed by atoms with E-state index >= 15 is 0 Å². The Hall–Kier alpha value is -2.71. The lowest BCUT2D eigenvalue weighted by molar-refractivity contribution is -0.133. The molecule has 1 heterocycles. The molecule has 1 aliphatic carbocycles. The van der Waals surface area contributed by atoms with Crippen molar-refractivity contribution in [2.24, 2.45) is 5.73 Å². The van der Waals surface area contributed by atoms with Gasteiger partial charge < -0.3 is 15.4 Å². The van der Waals surface area contributed by atoms with Gasteiger partial charge in [0, 0.05) is 23.1 Å². The molecule has 2 atom stereocenters. The minimum absolute atomic E-state index is 0.00344. The Morgan fingerprint density at radius 2 is 1.74 bits per heavy atom. The molecule has 8 heteroatoms. The number of aromatic nitrogens is 2. The average Bonchev–Trinajstić information content (AvgIpc) is 3.40. The van der Waals surface area contributed by atoms with Gasteiger partial charge >= 0.3 is 6.18 Å². The summed E-state index contributed by atoms with van der Waals surface area (Å²) in [6.07, 6.45) is -2.56. The van der Waals surface area contributed by atoms with Gasteiger partial charge in [-0.05, 0) is 54.9 Å². The molecule has 1 saturated carbocycles. The number of nitrogens with two attached hydrogens (primary N) is 1. The highest BCUT2D eigenvalue weighted by molar-refractivity contribution is 5.60. The Balaban J connectivity index is 1.43. The highest BCUT2D eigenvalue weighted by Crippen LogP contribution is 2.39. The highest BCUT2D eigenvalue weighted by Gasteiger charge is 2.35. The molecule has 1 aromatic heterocycles. The number of alkyl halides is 3. The smallest absolute Gasteiger partial charge is 0.389 e. The fourth-order valence-corrected chi connectivity index (χ4v) is 4.05. The van der Waals surface area contributed by atoms with Gasteiger partial charge in [0.25, 0.3) is 5.89 Å². The average molecular weight is 431 g/mol. The summed E-state index contributed by atoms with van der Waals surface area (Å²) >= 11 is 0. The Kier molecular flexibility index (Phi) is 5.85. The van der Waals surface area contributed by atoms with E-state index in [9.17, 15) is 18.3 Å². The van der Waals surface area contributed by atoms with Gasteiger partial charge in [-0.25, -0.2) is 0 Å². The maximum atomic E-state index is 12.4. The molecule has 0 spiro atoms. The molecule has 31 heavy (non-hydrogen) atoms. The maximum Gasteiger partial charge on any atom is 0.389 e. The summed E-state index contributed by atoms with van der Waals surface area (Å²) < 4.78 is 42.4. The van der Waals surface area contributed by atoms with Crippen LogP contribution in [0.15, 0.2) is 53.1 Å². The van der Waals surface area contributed by atoms with Crippen LogP contribution in [0, 0.1) is 0 Å². The summed E-state index contributed by atoms with van der Waals surface area (Å²) in [6.45, 7) is -0.00344. The van der Waals surface area contributed by atoms with Crippen LogP contribution in [-0.4, -0.2) is 33.6 Å². The summed E-state index contributed by atoms with van der Waals surface area (Å²) in [5.74, 6) is 1.08. The van der Waals surface area contributed by atoms with Crippen LogP contribution in [-0.2, 0) is 6.42 Å². The van der Waals surface area contributed by atoms with Gasteiger partial charge in [-0.2, -0.15) is 18.2 Å². The standard InChI is InChI=1S/C23H24F3N3O2/c24-23(25,26)12-9-15-1-3-18(4-2-15)21-28-20(29-31-21)17-7-5-16(6-8-17)19-10-11-22(27,13-19)14-30/h1-8,19,30H,9-14,27H2/t19-,22-/m1/s1. The molecule has 0 aliphatic heterocycles. The number of rotatable bonds is 6.